The summed E-state index contributed by atoms with van der Waals surface area (Å²) in [6, 6.07) is 4.85. The predicted molar refractivity (Wildman–Crippen MR) is 74.5 cm³/mol. The van der Waals surface area contributed by atoms with Crippen molar-refractivity contribution >= 4 is 34.9 Å². The molecular formula is C14H14ClNO3. The minimum absolute atomic E-state index is 0.382. The van der Waals surface area contributed by atoms with Crippen LogP contribution in [0.3, 0.4) is 0 Å². The van der Waals surface area contributed by atoms with E-state index in [0.717, 1.165) is 4.57 Å². The average molecular weight is 280 g/mol. The largest absolute Gasteiger partial charge is 0.464 e. The monoisotopic (exact) mass is 279 g/mol. The van der Waals surface area contributed by atoms with Crippen LogP contribution in [0.1, 0.15) is 36.8 Å². The number of carbonyl (C=O) groups is 2. The van der Waals surface area contributed by atoms with Crippen LogP contribution in [-0.2, 0) is 5.41 Å². The first-order valence-corrected chi connectivity index (χ1v) is 6.18. The fourth-order valence-corrected chi connectivity index (χ4v) is 2.52. The van der Waals surface area contributed by atoms with Crippen molar-refractivity contribution in [2.24, 2.45) is 0 Å². The van der Waals surface area contributed by atoms with Crippen molar-refractivity contribution in [3.05, 3.63) is 34.5 Å². The first kappa shape index (κ1) is 13.6. The van der Waals surface area contributed by atoms with Gasteiger partial charge in [-0.05, 0) is 18.2 Å². The Morgan fingerprint density at radius 1 is 1.37 bits per heavy atom. The maximum absolute atomic E-state index is 11.5. The number of benzene rings is 1. The number of halogens is 1. The van der Waals surface area contributed by atoms with Crippen LogP contribution in [0, 0.1) is 0 Å². The molecule has 2 aromatic rings. The second kappa shape index (κ2) is 4.38. The minimum atomic E-state index is -1.11. The van der Waals surface area contributed by atoms with Crippen LogP contribution in [0.2, 0.25) is 5.02 Å². The van der Waals surface area contributed by atoms with Crippen LogP contribution in [0.5, 0.6) is 0 Å². The van der Waals surface area contributed by atoms with Gasteiger partial charge < -0.3 is 5.11 Å². The normalized spacial score (nSPS) is 11.8. The molecule has 1 aromatic heterocycles. The van der Waals surface area contributed by atoms with Crippen molar-refractivity contribution in [3.8, 4) is 0 Å². The van der Waals surface area contributed by atoms with Gasteiger partial charge in [0.15, 0.2) is 6.29 Å². The van der Waals surface area contributed by atoms with E-state index in [2.05, 4.69) is 0 Å². The Labute approximate surface area is 115 Å². The summed E-state index contributed by atoms with van der Waals surface area (Å²) in [6.07, 6.45) is -0.413. The molecule has 19 heavy (non-hydrogen) atoms. The molecule has 100 valence electrons. The van der Waals surface area contributed by atoms with Gasteiger partial charge in [-0.15, -0.1) is 0 Å². The number of rotatable bonds is 1. The Balaban J connectivity index is 3.03. The van der Waals surface area contributed by atoms with Gasteiger partial charge in [-0.3, -0.25) is 4.79 Å². The summed E-state index contributed by atoms with van der Waals surface area (Å²) in [6.45, 7) is 5.61. The van der Waals surface area contributed by atoms with Gasteiger partial charge in [-0.2, -0.15) is 0 Å². The molecule has 0 aliphatic carbocycles. The van der Waals surface area contributed by atoms with Crippen molar-refractivity contribution in [3.63, 3.8) is 0 Å². The molecule has 0 saturated heterocycles. The fourth-order valence-electron chi connectivity index (χ4n) is 2.34. The maximum Gasteiger partial charge on any atom is 0.416 e. The van der Waals surface area contributed by atoms with E-state index in [-0.39, 0.29) is 0 Å². The molecule has 2 rings (SSSR count). The molecule has 0 aliphatic rings. The van der Waals surface area contributed by atoms with Gasteiger partial charge in [0.2, 0.25) is 0 Å². The topological polar surface area (TPSA) is 59.3 Å². The first-order chi connectivity index (χ1) is 8.77. The smallest absolute Gasteiger partial charge is 0.416 e. The van der Waals surface area contributed by atoms with Crippen LogP contribution < -0.4 is 0 Å². The van der Waals surface area contributed by atoms with Gasteiger partial charge in [0.25, 0.3) is 0 Å². The number of aldehydes is 1. The third-order valence-electron chi connectivity index (χ3n) is 2.99. The molecule has 1 aromatic carbocycles. The van der Waals surface area contributed by atoms with E-state index >= 15 is 0 Å². The van der Waals surface area contributed by atoms with Gasteiger partial charge in [0.1, 0.15) is 0 Å². The minimum Gasteiger partial charge on any atom is -0.464 e. The van der Waals surface area contributed by atoms with E-state index in [9.17, 15) is 14.7 Å². The first-order valence-electron chi connectivity index (χ1n) is 5.80. The van der Waals surface area contributed by atoms with Crippen molar-refractivity contribution in [2.75, 3.05) is 0 Å². The predicted octanol–water partition coefficient (Wildman–Crippen LogP) is 3.93. The van der Waals surface area contributed by atoms with Crippen molar-refractivity contribution < 1.29 is 14.7 Å². The molecule has 0 saturated carbocycles. The summed E-state index contributed by atoms with van der Waals surface area (Å²) >= 11 is 5.93. The molecule has 0 aliphatic heterocycles. The van der Waals surface area contributed by atoms with E-state index in [0.29, 0.717) is 33.5 Å². The van der Waals surface area contributed by atoms with Gasteiger partial charge in [-0.25, -0.2) is 9.36 Å². The Bertz CT molecular complexity index is 680. The second-order valence-electron chi connectivity index (χ2n) is 5.41. The van der Waals surface area contributed by atoms with Crippen LogP contribution in [0.15, 0.2) is 18.2 Å². The number of hydrogen-bond donors (Lipinski definition) is 1. The Morgan fingerprint density at radius 2 is 2.00 bits per heavy atom. The average Bonchev–Trinajstić information content (AvgIpc) is 2.62. The molecule has 0 unspecified atom stereocenters. The highest BCUT2D eigenvalue weighted by Crippen LogP contribution is 2.34. The summed E-state index contributed by atoms with van der Waals surface area (Å²) in [5, 5.41) is 10.5. The summed E-state index contributed by atoms with van der Waals surface area (Å²) in [5.74, 6) is 0. The lowest BCUT2D eigenvalue weighted by Crippen LogP contribution is -2.23. The van der Waals surface area contributed by atoms with Crippen LogP contribution in [0.4, 0.5) is 4.79 Å². The third-order valence-corrected chi connectivity index (χ3v) is 3.22. The molecule has 0 amide bonds. The highest BCUT2D eigenvalue weighted by molar-refractivity contribution is 6.31. The zero-order chi connectivity index (χ0) is 14.4. The number of carbonyl (C=O) groups excluding carboxylic acids is 1. The van der Waals surface area contributed by atoms with Gasteiger partial charge in [0.05, 0.1) is 5.52 Å². The molecular weight excluding hydrogens is 266 g/mol. The van der Waals surface area contributed by atoms with Crippen molar-refractivity contribution in [1.29, 1.82) is 0 Å². The van der Waals surface area contributed by atoms with Gasteiger partial charge >= 0.3 is 6.09 Å². The Kier molecular flexibility index (Phi) is 3.14. The van der Waals surface area contributed by atoms with E-state index < -0.39 is 11.5 Å². The van der Waals surface area contributed by atoms with Gasteiger partial charge in [-0.1, -0.05) is 32.4 Å². The zero-order valence-corrected chi connectivity index (χ0v) is 11.7. The summed E-state index contributed by atoms with van der Waals surface area (Å²) in [5.41, 5.74) is 0.865. The third kappa shape index (κ3) is 2.12. The lowest BCUT2D eigenvalue weighted by atomic mass is 9.89. The standard InChI is InChI=1S/C14H14ClNO3/c1-14(2,3)12-10(7-17)9-6-8(15)4-5-11(9)16(12)13(18)19/h4-7H,1-3H3,(H,18,19). The highest BCUT2D eigenvalue weighted by atomic mass is 35.5. The maximum atomic E-state index is 11.5. The number of aromatic nitrogens is 1. The van der Waals surface area contributed by atoms with Crippen LogP contribution in [-0.4, -0.2) is 22.1 Å². The Morgan fingerprint density at radius 3 is 2.47 bits per heavy atom. The SMILES string of the molecule is CC(C)(C)c1c(C=O)c2cc(Cl)ccc2n1C(=O)O. The fraction of sp³-hybridized carbons (Fsp3) is 0.286. The van der Waals surface area contributed by atoms with Crippen molar-refractivity contribution in [2.45, 2.75) is 26.2 Å². The number of fused-ring (bicyclic) bond motifs is 1. The summed E-state index contributed by atoms with van der Waals surface area (Å²) < 4.78 is 1.16. The van der Waals surface area contributed by atoms with E-state index in [1.165, 1.54) is 0 Å². The van der Waals surface area contributed by atoms with Crippen LogP contribution in [0.25, 0.3) is 10.9 Å². The van der Waals surface area contributed by atoms with E-state index in [1.54, 1.807) is 18.2 Å². The Hall–Kier alpha value is -1.81. The molecule has 1 heterocycles. The quantitative estimate of drug-likeness (QED) is 0.805. The van der Waals surface area contributed by atoms with E-state index in [4.69, 9.17) is 11.6 Å². The summed E-state index contributed by atoms with van der Waals surface area (Å²) in [7, 11) is 0. The molecule has 0 spiro atoms. The molecule has 5 heteroatoms. The molecule has 4 nitrogen and oxygen atoms in total. The lowest BCUT2D eigenvalue weighted by molar-refractivity contribution is 0.112. The highest BCUT2D eigenvalue weighted by Gasteiger charge is 2.29. The van der Waals surface area contributed by atoms with Gasteiger partial charge in [0, 0.05) is 27.1 Å². The molecule has 0 atom stereocenters. The number of nitrogens with zero attached hydrogens (tertiary/aromatic N) is 1. The summed E-state index contributed by atoms with van der Waals surface area (Å²) in [4.78, 5) is 22.9. The molecule has 0 fully saturated rings. The number of hydrogen-bond acceptors (Lipinski definition) is 2. The molecule has 1 N–H and O–H groups in total. The van der Waals surface area contributed by atoms with E-state index in [1.807, 2.05) is 20.8 Å². The zero-order valence-electron chi connectivity index (χ0n) is 10.9. The lowest BCUT2D eigenvalue weighted by Gasteiger charge is -2.20. The van der Waals surface area contributed by atoms with Crippen LogP contribution >= 0.6 is 11.6 Å². The molecule has 0 radical (unpaired) electrons. The molecule has 0 bridgehead atoms. The van der Waals surface area contributed by atoms with Crippen molar-refractivity contribution in [1.82, 2.24) is 4.57 Å². The number of carboxylic acid groups (broad SMARTS) is 1. The second-order valence-corrected chi connectivity index (χ2v) is 5.85.